The zero-order valence-corrected chi connectivity index (χ0v) is 12.2. The van der Waals surface area contributed by atoms with Gasteiger partial charge in [-0.05, 0) is 23.8 Å². The quantitative estimate of drug-likeness (QED) is 0.710. The van der Waals surface area contributed by atoms with E-state index in [0.717, 1.165) is 17.7 Å². The number of rotatable bonds is 2. The Morgan fingerprint density at radius 3 is 2.82 bits per heavy atom. The van der Waals surface area contributed by atoms with Crippen molar-refractivity contribution in [2.75, 3.05) is 6.61 Å². The lowest BCUT2D eigenvalue weighted by Gasteiger charge is -2.12. The Kier molecular flexibility index (Phi) is 3.08. The molecule has 22 heavy (non-hydrogen) atoms. The molecule has 0 spiro atoms. The number of nitriles is 1. The highest BCUT2D eigenvalue weighted by Crippen LogP contribution is 2.40. The van der Waals surface area contributed by atoms with Gasteiger partial charge in [-0.2, -0.15) is 5.26 Å². The molecule has 0 saturated carbocycles. The Balaban J connectivity index is 2.07. The first-order valence-corrected chi connectivity index (χ1v) is 7.59. The van der Waals surface area contributed by atoms with Crippen molar-refractivity contribution in [3.8, 4) is 23.1 Å². The number of benzene rings is 2. The number of para-hydroxylation sites is 2. The minimum atomic E-state index is 0.508. The van der Waals surface area contributed by atoms with Gasteiger partial charge in [-0.3, -0.25) is 0 Å². The van der Waals surface area contributed by atoms with Gasteiger partial charge in [0, 0.05) is 29.4 Å². The van der Waals surface area contributed by atoms with Crippen LogP contribution in [0.2, 0.25) is 0 Å². The van der Waals surface area contributed by atoms with Crippen LogP contribution in [0.3, 0.4) is 0 Å². The van der Waals surface area contributed by atoms with Crippen molar-refractivity contribution >= 4 is 10.9 Å². The number of aromatic nitrogens is 1. The van der Waals surface area contributed by atoms with Crippen LogP contribution in [-0.2, 0) is 13.0 Å². The maximum absolute atomic E-state index is 9.00. The Morgan fingerprint density at radius 2 is 1.91 bits per heavy atom. The van der Waals surface area contributed by atoms with E-state index >= 15 is 0 Å². The van der Waals surface area contributed by atoms with E-state index in [4.69, 9.17) is 10.00 Å². The third-order valence-electron chi connectivity index (χ3n) is 4.27. The zero-order valence-electron chi connectivity index (χ0n) is 12.2. The molecule has 1 aliphatic rings. The van der Waals surface area contributed by atoms with Gasteiger partial charge in [0.05, 0.1) is 24.8 Å². The highest BCUT2D eigenvalue weighted by molar-refractivity contribution is 5.93. The van der Waals surface area contributed by atoms with Crippen LogP contribution < -0.4 is 4.74 Å². The number of fused-ring (bicyclic) bond motifs is 5. The lowest BCUT2D eigenvalue weighted by atomic mass is 10.0. The Morgan fingerprint density at radius 1 is 1.09 bits per heavy atom. The molecule has 2 aromatic carbocycles. The fourth-order valence-corrected chi connectivity index (χ4v) is 3.38. The summed E-state index contributed by atoms with van der Waals surface area (Å²) in [6, 6.07) is 18.9. The first-order chi connectivity index (χ1) is 10.9. The summed E-state index contributed by atoms with van der Waals surface area (Å²) >= 11 is 0. The van der Waals surface area contributed by atoms with Gasteiger partial charge in [-0.25, -0.2) is 0 Å². The van der Waals surface area contributed by atoms with E-state index in [9.17, 15) is 0 Å². The number of hydrogen-bond donors (Lipinski definition) is 0. The summed E-state index contributed by atoms with van der Waals surface area (Å²) in [5.74, 6) is 0.933. The lowest BCUT2D eigenvalue weighted by molar-refractivity contribution is 0.327. The summed E-state index contributed by atoms with van der Waals surface area (Å²) in [7, 11) is 0. The fourth-order valence-electron chi connectivity index (χ4n) is 3.38. The maximum Gasteiger partial charge on any atom is 0.128 e. The van der Waals surface area contributed by atoms with Crippen LogP contribution in [0, 0.1) is 11.3 Å². The summed E-state index contributed by atoms with van der Waals surface area (Å²) in [5.41, 5.74) is 4.88. The summed E-state index contributed by atoms with van der Waals surface area (Å²) in [4.78, 5) is 0. The van der Waals surface area contributed by atoms with Crippen molar-refractivity contribution in [1.82, 2.24) is 4.57 Å². The molecular weight excluding hydrogens is 272 g/mol. The molecule has 1 aromatic heterocycles. The Labute approximate surface area is 129 Å². The van der Waals surface area contributed by atoms with Crippen LogP contribution in [0.25, 0.3) is 22.2 Å². The van der Waals surface area contributed by atoms with Crippen molar-refractivity contribution in [1.29, 1.82) is 5.26 Å². The fraction of sp³-hybridized carbons (Fsp3) is 0.211. The van der Waals surface area contributed by atoms with E-state index in [1.807, 2.05) is 18.2 Å². The molecule has 3 heteroatoms. The smallest absolute Gasteiger partial charge is 0.128 e. The van der Waals surface area contributed by atoms with E-state index in [-0.39, 0.29) is 0 Å². The summed E-state index contributed by atoms with van der Waals surface area (Å²) in [6.07, 6.45) is 1.40. The molecular formula is C19H16N2O. The van der Waals surface area contributed by atoms with Crippen LogP contribution in [0.1, 0.15) is 12.0 Å². The first kappa shape index (κ1) is 13.0. The van der Waals surface area contributed by atoms with Crippen molar-refractivity contribution in [2.24, 2.45) is 0 Å². The highest BCUT2D eigenvalue weighted by Gasteiger charge is 2.23. The molecule has 4 rings (SSSR count). The van der Waals surface area contributed by atoms with Crippen LogP contribution in [0.5, 0.6) is 5.75 Å². The minimum absolute atomic E-state index is 0.508. The molecule has 0 unspecified atom stereocenters. The molecule has 1 aliphatic heterocycles. The standard InChI is InChI=1S/C19H16N2O/c20-11-5-12-21-17-8-3-1-6-14(17)15-10-13-22-18-9-4-2-7-16(18)19(15)21/h1-4,6-9H,5,10,12-13H2. The van der Waals surface area contributed by atoms with Gasteiger partial charge in [0.2, 0.25) is 0 Å². The highest BCUT2D eigenvalue weighted by atomic mass is 16.5. The van der Waals surface area contributed by atoms with Gasteiger partial charge in [-0.1, -0.05) is 30.3 Å². The number of hydrogen-bond acceptors (Lipinski definition) is 2. The third-order valence-corrected chi connectivity index (χ3v) is 4.27. The Hall–Kier alpha value is -2.73. The zero-order chi connectivity index (χ0) is 14.9. The molecule has 0 amide bonds. The van der Waals surface area contributed by atoms with Gasteiger partial charge in [0.25, 0.3) is 0 Å². The predicted molar refractivity (Wildman–Crippen MR) is 86.8 cm³/mol. The molecule has 108 valence electrons. The molecule has 0 aliphatic carbocycles. The van der Waals surface area contributed by atoms with Crippen LogP contribution in [-0.4, -0.2) is 11.2 Å². The second kappa shape index (κ2) is 5.23. The topological polar surface area (TPSA) is 38.0 Å². The van der Waals surface area contributed by atoms with Crippen molar-refractivity contribution in [2.45, 2.75) is 19.4 Å². The average molecular weight is 288 g/mol. The number of nitrogens with zero attached hydrogens (tertiary/aromatic N) is 2. The Bertz CT molecular complexity index is 886. The van der Waals surface area contributed by atoms with Crippen LogP contribution in [0.4, 0.5) is 0 Å². The molecule has 0 N–H and O–H groups in total. The third kappa shape index (κ3) is 1.88. The predicted octanol–water partition coefficient (Wildman–Crippen LogP) is 4.16. The average Bonchev–Trinajstić information content (AvgIpc) is 2.74. The van der Waals surface area contributed by atoms with Gasteiger partial charge in [-0.15, -0.1) is 0 Å². The largest absolute Gasteiger partial charge is 0.493 e. The van der Waals surface area contributed by atoms with E-state index in [1.54, 1.807) is 0 Å². The molecule has 0 radical (unpaired) electrons. The summed E-state index contributed by atoms with van der Waals surface area (Å²) < 4.78 is 8.20. The maximum atomic E-state index is 9.00. The van der Waals surface area contributed by atoms with Gasteiger partial charge < -0.3 is 9.30 Å². The van der Waals surface area contributed by atoms with Gasteiger partial charge >= 0.3 is 0 Å². The second-order valence-corrected chi connectivity index (χ2v) is 5.50. The molecule has 2 heterocycles. The minimum Gasteiger partial charge on any atom is -0.493 e. The van der Waals surface area contributed by atoms with Crippen molar-refractivity contribution in [3.05, 3.63) is 54.1 Å². The van der Waals surface area contributed by atoms with E-state index in [2.05, 4.69) is 41.0 Å². The van der Waals surface area contributed by atoms with E-state index in [0.29, 0.717) is 19.6 Å². The monoisotopic (exact) mass is 288 g/mol. The second-order valence-electron chi connectivity index (χ2n) is 5.50. The van der Waals surface area contributed by atoms with Crippen LogP contribution in [0.15, 0.2) is 48.5 Å². The van der Waals surface area contributed by atoms with Crippen LogP contribution >= 0.6 is 0 Å². The number of ether oxygens (including phenoxy) is 1. The van der Waals surface area contributed by atoms with Gasteiger partial charge in [0.1, 0.15) is 5.75 Å². The first-order valence-electron chi connectivity index (χ1n) is 7.59. The lowest BCUT2D eigenvalue weighted by Crippen LogP contribution is -2.00. The number of aryl methyl sites for hydroxylation is 1. The van der Waals surface area contributed by atoms with E-state index < -0.39 is 0 Å². The van der Waals surface area contributed by atoms with Crippen molar-refractivity contribution in [3.63, 3.8) is 0 Å². The normalized spacial score (nSPS) is 12.9. The van der Waals surface area contributed by atoms with E-state index in [1.165, 1.54) is 22.2 Å². The summed E-state index contributed by atoms with van der Waals surface area (Å²) in [6.45, 7) is 1.40. The van der Waals surface area contributed by atoms with Gasteiger partial charge in [0.15, 0.2) is 0 Å². The molecule has 0 atom stereocenters. The molecule has 0 fully saturated rings. The molecule has 0 saturated heterocycles. The SMILES string of the molecule is N#CCCn1c2c(c3ccccc31)CCOc1ccccc1-2. The van der Waals surface area contributed by atoms with Crippen molar-refractivity contribution < 1.29 is 4.74 Å². The summed E-state index contributed by atoms with van der Waals surface area (Å²) in [5, 5.41) is 10.3. The molecule has 3 nitrogen and oxygen atoms in total. The molecule has 3 aromatic rings. The molecule has 0 bridgehead atoms.